The van der Waals surface area contributed by atoms with Crippen LogP contribution in [0.4, 0.5) is 4.79 Å². The second-order valence-electron chi connectivity index (χ2n) is 5.09. The minimum absolute atomic E-state index is 0.169. The molecule has 1 aromatic carbocycles. The maximum Gasteiger partial charge on any atom is 0.338 e. The number of urea groups is 1. The van der Waals surface area contributed by atoms with E-state index < -0.39 is 12.0 Å². The van der Waals surface area contributed by atoms with Crippen LogP contribution in [-0.4, -0.2) is 44.3 Å². The van der Waals surface area contributed by atoms with Crippen molar-refractivity contribution in [2.75, 3.05) is 27.4 Å². The lowest BCUT2D eigenvalue weighted by atomic mass is 9.95. The van der Waals surface area contributed by atoms with Crippen molar-refractivity contribution in [2.24, 2.45) is 0 Å². The second-order valence-corrected chi connectivity index (χ2v) is 6.25. The Labute approximate surface area is 149 Å². The van der Waals surface area contributed by atoms with Crippen LogP contribution in [0.5, 0.6) is 0 Å². The predicted octanol–water partition coefficient (Wildman–Crippen LogP) is 2.45. The third-order valence-electron chi connectivity index (χ3n) is 3.71. The number of hydrogen-bond acceptors (Lipinski definition) is 4. The summed E-state index contributed by atoms with van der Waals surface area (Å²) in [6.07, 6.45) is 0. The van der Waals surface area contributed by atoms with Gasteiger partial charge in [0.25, 0.3) is 0 Å². The first-order valence-corrected chi connectivity index (χ1v) is 8.20. The van der Waals surface area contributed by atoms with Crippen molar-refractivity contribution in [3.63, 3.8) is 0 Å². The van der Waals surface area contributed by atoms with Gasteiger partial charge in [-0.25, -0.2) is 9.59 Å². The number of nitrogens with one attached hydrogen (secondary N) is 1. The quantitative estimate of drug-likeness (QED) is 0.443. The molecule has 0 aromatic heterocycles. The van der Waals surface area contributed by atoms with Gasteiger partial charge in [0.1, 0.15) is 6.61 Å². The third-order valence-corrected chi connectivity index (χ3v) is 4.69. The lowest BCUT2D eigenvalue weighted by Gasteiger charge is -2.33. The van der Waals surface area contributed by atoms with E-state index in [2.05, 4.69) is 27.9 Å². The minimum atomic E-state index is -0.526. The van der Waals surface area contributed by atoms with Crippen molar-refractivity contribution >= 4 is 34.6 Å². The molecule has 23 heavy (non-hydrogen) atoms. The molecule has 0 bridgehead atoms. The normalized spacial score (nSPS) is 18.0. The van der Waals surface area contributed by atoms with Crippen molar-refractivity contribution in [3.8, 4) is 0 Å². The molecule has 124 valence electrons. The Balaban J connectivity index is 2.40. The Morgan fingerprint density at radius 2 is 2.04 bits per heavy atom. The Bertz CT molecular complexity index is 645. The molecule has 0 spiro atoms. The molecule has 0 unspecified atom stereocenters. The first-order chi connectivity index (χ1) is 11.0. The number of carbonyl (C=O) groups excluding carboxylic acids is 2. The van der Waals surface area contributed by atoms with Gasteiger partial charge in [0.05, 0.1) is 18.2 Å². The smallest absolute Gasteiger partial charge is 0.338 e. The Hall–Kier alpha value is -1.61. The first kappa shape index (κ1) is 17.7. The molecule has 2 amide bonds. The predicted molar refractivity (Wildman–Crippen MR) is 93.7 cm³/mol. The van der Waals surface area contributed by atoms with Gasteiger partial charge in [-0.15, -0.1) is 0 Å². The lowest BCUT2D eigenvalue weighted by Crippen LogP contribution is -2.46. The molecule has 1 heterocycles. The summed E-state index contributed by atoms with van der Waals surface area (Å²) in [5.74, 6) is -0.448. The van der Waals surface area contributed by atoms with Crippen LogP contribution >= 0.6 is 22.6 Å². The molecule has 7 heteroatoms. The van der Waals surface area contributed by atoms with Crippen LogP contribution < -0.4 is 5.32 Å². The highest BCUT2D eigenvalue weighted by atomic mass is 127. The average molecular weight is 430 g/mol. The number of halogens is 1. The molecule has 1 aliphatic heterocycles. The summed E-state index contributed by atoms with van der Waals surface area (Å²) in [6, 6.07) is 6.85. The van der Waals surface area contributed by atoms with Gasteiger partial charge in [-0.1, -0.05) is 18.2 Å². The van der Waals surface area contributed by atoms with Crippen molar-refractivity contribution in [2.45, 2.75) is 13.0 Å². The van der Waals surface area contributed by atoms with Crippen molar-refractivity contribution < 1.29 is 19.1 Å². The first-order valence-electron chi connectivity index (χ1n) is 7.12. The highest BCUT2D eigenvalue weighted by Crippen LogP contribution is 2.32. The van der Waals surface area contributed by atoms with E-state index >= 15 is 0 Å². The van der Waals surface area contributed by atoms with Gasteiger partial charge in [0, 0.05) is 23.4 Å². The highest BCUT2D eigenvalue weighted by Gasteiger charge is 2.35. The molecule has 2 rings (SSSR count). The Morgan fingerprint density at radius 3 is 2.70 bits per heavy atom. The van der Waals surface area contributed by atoms with Crippen LogP contribution in [-0.2, 0) is 14.3 Å². The molecule has 0 saturated heterocycles. The molecular formula is C16H19IN2O4. The van der Waals surface area contributed by atoms with Gasteiger partial charge < -0.3 is 19.7 Å². The maximum absolute atomic E-state index is 12.5. The second kappa shape index (κ2) is 7.78. The van der Waals surface area contributed by atoms with E-state index in [1.54, 1.807) is 21.1 Å². The number of carbonyl (C=O) groups is 2. The van der Waals surface area contributed by atoms with Crippen LogP contribution in [0.2, 0.25) is 0 Å². The molecule has 0 radical (unpaired) electrons. The van der Waals surface area contributed by atoms with Crippen LogP contribution in [0, 0.1) is 3.57 Å². The van der Waals surface area contributed by atoms with Gasteiger partial charge in [0.2, 0.25) is 0 Å². The van der Waals surface area contributed by atoms with Crippen molar-refractivity contribution in [1.82, 2.24) is 10.2 Å². The molecule has 0 saturated carbocycles. The number of esters is 1. The monoisotopic (exact) mass is 430 g/mol. The number of methoxy groups -OCH3 is 1. The zero-order valence-corrected chi connectivity index (χ0v) is 15.4. The molecule has 0 aliphatic carbocycles. The maximum atomic E-state index is 12.5. The SMILES string of the molecule is COCCOC(=O)C1=C(C)N(C)C(=O)N[C@@H]1c1ccccc1I. The third kappa shape index (κ3) is 3.84. The van der Waals surface area contributed by atoms with Crippen molar-refractivity contribution in [3.05, 3.63) is 44.7 Å². The number of rotatable bonds is 5. The molecule has 0 fully saturated rings. The van der Waals surface area contributed by atoms with Gasteiger partial charge in [-0.05, 0) is 41.1 Å². The van der Waals surface area contributed by atoms with Gasteiger partial charge in [-0.2, -0.15) is 0 Å². The number of nitrogens with zero attached hydrogens (tertiary/aromatic N) is 1. The number of benzene rings is 1. The largest absolute Gasteiger partial charge is 0.460 e. The summed E-state index contributed by atoms with van der Waals surface area (Å²) in [4.78, 5) is 26.1. The van der Waals surface area contributed by atoms with E-state index in [1.165, 1.54) is 4.90 Å². The van der Waals surface area contributed by atoms with E-state index in [-0.39, 0.29) is 12.6 Å². The lowest BCUT2D eigenvalue weighted by molar-refractivity contribution is -0.140. The fourth-order valence-electron chi connectivity index (χ4n) is 2.34. The van der Waals surface area contributed by atoms with Crippen LogP contribution in [0.15, 0.2) is 35.5 Å². The van der Waals surface area contributed by atoms with Gasteiger partial charge in [0.15, 0.2) is 0 Å². The van der Waals surface area contributed by atoms with Crippen LogP contribution in [0.1, 0.15) is 18.5 Å². The molecule has 1 atom stereocenters. The molecular weight excluding hydrogens is 411 g/mol. The van der Waals surface area contributed by atoms with E-state index in [9.17, 15) is 9.59 Å². The zero-order valence-electron chi connectivity index (χ0n) is 13.3. The average Bonchev–Trinajstić information content (AvgIpc) is 2.53. The Morgan fingerprint density at radius 1 is 1.35 bits per heavy atom. The number of amides is 2. The van der Waals surface area contributed by atoms with Crippen LogP contribution in [0.25, 0.3) is 0 Å². The number of allylic oxidation sites excluding steroid dienone is 1. The summed E-state index contributed by atoms with van der Waals surface area (Å²) in [5.41, 5.74) is 1.89. The standard InChI is InChI=1S/C16H19IN2O4/c1-10-13(15(20)23-9-8-22-3)14(18-16(21)19(10)2)11-6-4-5-7-12(11)17/h4-7,14H,8-9H2,1-3H3,(H,18,21)/t14-/m1/s1. The molecule has 1 N–H and O–H groups in total. The molecule has 6 nitrogen and oxygen atoms in total. The van der Waals surface area contributed by atoms with E-state index in [1.807, 2.05) is 24.3 Å². The Kier molecular flexibility index (Phi) is 6.00. The minimum Gasteiger partial charge on any atom is -0.460 e. The van der Waals surface area contributed by atoms with Gasteiger partial charge >= 0.3 is 12.0 Å². The van der Waals surface area contributed by atoms with Gasteiger partial charge in [-0.3, -0.25) is 0 Å². The zero-order chi connectivity index (χ0) is 17.0. The summed E-state index contributed by atoms with van der Waals surface area (Å²) in [7, 11) is 3.17. The number of hydrogen-bond donors (Lipinski definition) is 1. The highest BCUT2D eigenvalue weighted by molar-refractivity contribution is 14.1. The number of ether oxygens (including phenoxy) is 2. The topological polar surface area (TPSA) is 67.9 Å². The van der Waals surface area contributed by atoms with E-state index in [4.69, 9.17) is 9.47 Å². The fourth-order valence-corrected chi connectivity index (χ4v) is 3.04. The van der Waals surface area contributed by atoms with Crippen molar-refractivity contribution in [1.29, 1.82) is 0 Å². The van der Waals surface area contributed by atoms with E-state index in [0.717, 1.165) is 9.13 Å². The summed E-state index contributed by atoms with van der Waals surface area (Å²) in [5, 5.41) is 2.87. The summed E-state index contributed by atoms with van der Waals surface area (Å²) >= 11 is 2.19. The summed E-state index contributed by atoms with van der Waals surface area (Å²) in [6.45, 7) is 2.24. The van der Waals surface area contributed by atoms with E-state index in [0.29, 0.717) is 17.9 Å². The van der Waals surface area contributed by atoms with Crippen LogP contribution in [0.3, 0.4) is 0 Å². The fraction of sp³-hybridized carbons (Fsp3) is 0.375. The molecule has 1 aromatic rings. The summed E-state index contributed by atoms with van der Waals surface area (Å²) < 4.78 is 11.1. The molecule has 1 aliphatic rings.